The van der Waals surface area contributed by atoms with Crippen LogP contribution in [0.15, 0.2) is 19.5 Å². The van der Waals surface area contributed by atoms with Crippen molar-refractivity contribution in [1.29, 1.82) is 0 Å². The molecule has 0 amide bonds. The van der Waals surface area contributed by atoms with Gasteiger partial charge in [0.15, 0.2) is 0 Å². The van der Waals surface area contributed by atoms with Crippen LogP contribution in [0.4, 0.5) is 0 Å². The molecule has 0 unspecified atom stereocenters. The van der Waals surface area contributed by atoms with Gasteiger partial charge in [0.2, 0.25) is 0 Å². The van der Waals surface area contributed by atoms with Crippen LogP contribution in [0.1, 0.15) is 37.8 Å². The Morgan fingerprint density at radius 2 is 1.78 bits per heavy atom. The molecule has 2 N–H and O–H groups in total. The molecule has 0 bridgehead atoms. The first-order chi connectivity index (χ1) is 10.1. The summed E-state index contributed by atoms with van der Waals surface area (Å²) in [5.74, 6) is 0.282. The summed E-state index contributed by atoms with van der Waals surface area (Å²) in [7, 11) is 0. The molecule has 1 aromatic rings. The third-order valence-electron chi connectivity index (χ3n) is 3.94. The van der Waals surface area contributed by atoms with Crippen LogP contribution >= 0.6 is 72.6 Å². The van der Waals surface area contributed by atoms with Crippen LogP contribution in [0.5, 0.6) is 5.75 Å². The number of nitrogens with zero attached hydrogens (tertiary/aromatic N) is 1. The lowest BCUT2D eigenvalue weighted by molar-refractivity contribution is 0.162. The van der Waals surface area contributed by atoms with Crippen LogP contribution in [0, 0.1) is 0 Å². The second-order valence-corrected chi connectivity index (χ2v) is 7.86. The highest BCUT2D eigenvalue weighted by Crippen LogP contribution is 2.44. The van der Waals surface area contributed by atoms with E-state index in [0.717, 1.165) is 47.1 Å². The molecule has 0 aromatic heterocycles. The van der Waals surface area contributed by atoms with Crippen LogP contribution in [0.3, 0.4) is 0 Å². The quantitative estimate of drug-likeness (QED) is 0.490. The van der Waals surface area contributed by atoms with Crippen molar-refractivity contribution < 1.29 is 5.11 Å². The number of phenols is 1. The van der Waals surface area contributed by atoms with E-state index in [1.54, 1.807) is 0 Å². The largest absolute Gasteiger partial charge is 0.506 e. The summed E-state index contributed by atoms with van der Waals surface area (Å²) in [4.78, 5) is 2.52. The average molecular weight is 558 g/mol. The number of unbranched alkanes of at least 4 members (excludes halogenated alkanes) is 1. The van der Waals surface area contributed by atoms with E-state index in [1.807, 2.05) is 6.07 Å². The maximum atomic E-state index is 10.2. The summed E-state index contributed by atoms with van der Waals surface area (Å²) in [6, 6.07) is 2.27. The fourth-order valence-corrected chi connectivity index (χ4v) is 5.45. The molecular formula is C15H23Br3Cl2N2O. The highest BCUT2D eigenvalue weighted by Gasteiger charge is 2.27. The normalized spacial score (nSPS) is 16.3. The van der Waals surface area contributed by atoms with Crippen molar-refractivity contribution in [2.45, 2.75) is 32.2 Å². The fraction of sp³-hybridized carbons (Fsp3) is 0.600. The third-order valence-corrected chi connectivity index (χ3v) is 6.00. The van der Waals surface area contributed by atoms with Crippen molar-refractivity contribution in [2.75, 3.05) is 26.2 Å². The van der Waals surface area contributed by atoms with Crippen molar-refractivity contribution in [3.8, 4) is 5.75 Å². The summed E-state index contributed by atoms with van der Waals surface area (Å²) in [5, 5.41) is 13.6. The van der Waals surface area contributed by atoms with E-state index < -0.39 is 0 Å². The zero-order valence-corrected chi connectivity index (χ0v) is 19.3. The maximum Gasteiger partial charge on any atom is 0.144 e. The van der Waals surface area contributed by atoms with E-state index in [2.05, 4.69) is 64.9 Å². The first kappa shape index (κ1) is 24.0. The Balaban J connectivity index is 0.00000242. The van der Waals surface area contributed by atoms with E-state index in [4.69, 9.17) is 0 Å². The molecule has 1 saturated heterocycles. The lowest BCUT2D eigenvalue weighted by Gasteiger charge is -2.36. The molecule has 1 fully saturated rings. The van der Waals surface area contributed by atoms with Crippen molar-refractivity contribution >= 4 is 72.6 Å². The van der Waals surface area contributed by atoms with Gasteiger partial charge in [-0.2, -0.15) is 0 Å². The number of halogens is 5. The lowest BCUT2D eigenvalue weighted by atomic mass is 9.98. The van der Waals surface area contributed by atoms with Gasteiger partial charge < -0.3 is 10.4 Å². The van der Waals surface area contributed by atoms with Gasteiger partial charge in [0, 0.05) is 42.3 Å². The Labute approximate surface area is 176 Å². The molecule has 134 valence electrons. The van der Waals surface area contributed by atoms with E-state index >= 15 is 0 Å². The number of benzene rings is 1. The predicted molar refractivity (Wildman–Crippen MR) is 112 cm³/mol. The number of hydrogen-bond donors (Lipinski definition) is 2. The van der Waals surface area contributed by atoms with Crippen molar-refractivity contribution in [1.82, 2.24) is 10.2 Å². The molecule has 1 aliphatic rings. The van der Waals surface area contributed by atoms with Gasteiger partial charge >= 0.3 is 0 Å². The monoisotopic (exact) mass is 554 g/mol. The number of phenolic OH excluding ortho intramolecular Hbond substituents is 1. The second-order valence-electron chi connectivity index (χ2n) is 5.36. The zero-order chi connectivity index (χ0) is 15.4. The van der Waals surface area contributed by atoms with E-state index in [9.17, 15) is 5.11 Å². The van der Waals surface area contributed by atoms with Gasteiger partial charge in [-0.05, 0) is 44.3 Å². The Kier molecular flexibility index (Phi) is 12.0. The summed E-state index contributed by atoms with van der Waals surface area (Å²) >= 11 is 10.7. The molecule has 0 aliphatic carbocycles. The van der Waals surface area contributed by atoms with Crippen LogP contribution in [-0.2, 0) is 0 Å². The molecule has 23 heavy (non-hydrogen) atoms. The molecule has 0 saturated carbocycles. The van der Waals surface area contributed by atoms with E-state index in [-0.39, 0.29) is 30.6 Å². The molecule has 1 aliphatic heterocycles. The van der Waals surface area contributed by atoms with Crippen molar-refractivity contribution in [2.24, 2.45) is 0 Å². The lowest BCUT2D eigenvalue weighted by Crippen LogP contribution is -2.45. The zero-order valence-electron chi connectivity index (χ0n) is 12.9. The van der Waals surface area contributed by atoms with Crippen molar-refractivity contribution in [3.63, 3.8) is 0 Å². The number of rotatable bonds is 5. The van der Waals surface area contributed by atoms with Crippen LogP contribution in [0.2, 0.25) is 0 Å². The molecule has 1 atom stereocenters. The molecule has 2 rings (SSSR count). The Bertz CT molecular complexity index is 500. The number of nitrogens with one attached hydrogen (secondary N) is 1. The Morgan fingerprint density at radius 3 is 2.35 bits per heavy atom. The molecule has 1 aromatic carbocycles. The first-order valence-electron chi connectivity index (χ1n) is 7.37. The maximum absolute atomic E-state index is 10.2. The van der Waals surface area contributed by atoms with Gasteiger partial charge in [0.1, 0.15) is 5.75 Å². The second kappa shape index (κ2) is 11.6. The van der Waals surface area contributed by atoms with Crippen LogP contribution < -0.4 is 5.32 Å². The van der Waals surface area contributed by atoms with Gasteiger partial charge in [0.05, 0.1) is 8.95 Å². The van der Waals surface area contributed by atoms with Gasteiger partial charge in [-0.3, -0.25) is 4.90 Å². The summed E-state index contributed by atoms with van der Waals surface area (Å²) in [5.41, 5.74) is 1.16. The van der Waals surface area contributed by atoms with Gasteiger partial charge in [0.25, 0.3) is 0 Å². The third kappa shape index (κ3) is 6.01. The molecular weight excluding hydrogens is 535 g/mol. The number of hydrogen-bond acceptors (Lipinski definition) is 3. The highest BCUT2D eigenvalue weighted by molar-refractivity contribution is 9.11. The Morgan fingerprint density at radius 1 is 1.17 bits per heavy atom. The highest BCUT2D eigenvalue weighted by atomic mass is 79.9. The topological polar surface area (TPSA) is 35.5 Å². The summed E-state index contributed by atoms with van der Waals surface area (Å²) in [6.45, 7) is 6.37. The van der Waals surface area contributed by atoms with Crippen molar-refractivity contribution in [3.05, 3.63) is 25.0 Å². The summed E-state index contributed by atoms with van der Waals surface area (Å²) < 4.78 is 2.54. The molecule has 0 radical (unpaired) electrons. The van der Waals surface area contributed by atoms with E-state index in [0.29, 0.717) is 10.5 Å². The number of piperazine rings is 1. The minimum Gasteiger partial charge on any atom is -0.506 e. The molecule has 1 heterocycles. The fourth-order valence-electron chi connectivity index (χ4n) is 2.80. The van der Waals surface area contributed by atoms with E-state index in [1.165, 1.54) is 12.8 Å². The van der Waals surface area contributed by atoms with Gasteiger partial charge in [-0.1, -0.05) is 35.7 Å². The SMILES string of the molecule is CCCC[C@H](c1c(Br)cc(Br)c(O)c1Br)N1CCNCC1.Cl.Cl. The predicted octanol–water partition coefficient (Wildman–Crippen LogP) is 5.66. The van der Waals surface area contributed by atoms with Crippen LogP contribution in [-0.4, -0.2) is 36.2 Å². The first-order valence-corrected chi connectivity index (χ1v) is 9.75. The standard InChI is InChI=1S/C15H21Br3N2O.2ClH/c1-2-3-4-12(20-7-5-19-6-8-20)13-10(16)9-11(17)15(21)14(13)18;;/h9,12,19,21H,2-8H2,1H3;2*1H/t12-;;/m1../s1. The Hall–Kier alpha value is 0.960. The number of aromatic hydroxyl groups is 1. The molecule has 0 spiro atoms. The molecule has 3 nitrogen and oxygen atoms in total. The summed E-state index contributed by atoms with van der Waals surface area (Å²) in [6.07, 6.45) is 3.47. The molecule has 8 heteroatoms. The minimum atomic E-state index is 0. The van der Waals surface area contributed by atoms with Gasteiger partial charge in [-0.15, -0.1) is 24.8 Å². The van der Waals surface area contributed by atoms with Crippen LogP contribution in [0.25, 0.3) is 0 Å². The average Bonchev–Trinajstić information content (AvgIpc) is 2.49. The minimum absolute atomic E-state index is 0. The van der Waals surface area contributed by atoms with Gasteiger partial charge in [-0.25, -0.2) is 0 Å². The smallest absolute Gasteiger partial charge is 0.144 e.